The van der Waals surface area contributed by atoms with E-state index in [1.165, 1.54) is 0 Å². The van der Waals surface area contributed by atoms with E-state index in [9.17, 15) is 4.79 Å². The van der Waals surface area contributed by atoms with E-state index in [4.69, 9.17) is 11.6 Å². The maximum atomic E-state index is 11.7. The van der Waals surface area contributed by atoms with Crippen LogP contribution < -0.4 is 5.32 Å². The zero-order chi connectivity index (χ0) is 12.4. The third-order valence-electron chi connectivity index (χ3n) is 2.32. The third kappa shape index (κ3) is 3.27. The fourth-order valence-electron chi connectivity index (χ4n) is 1.64. The molecule has 4 heteroatoms. The van der Waals surface area contributed by atoms with Crippen molar-refractivity contribution >= 4 is 34.8 Å². The maximum Gasteiger partial charge on any atom is 0.158 e. The zero-order valence-corrected chi connectivity index (χ0v) is 11.4. The molecule has 0 radical (unpaired) electrons. The number of allylic oxidation sites excluding steroid dienone is 1. The SMILES string of the molecule is CC(C)CC(=O)/C=C1/Nc2cc(Cl)ccc2S1. The number of halogens is 1. The fourth-order valence-corrected chi connectivity index (χ4v) is 2.76. The van der Waals surface area contributed by atoms with Gasteiger partial charge < -0.3 is 5.32 Å². The molecule has 0 spiro atoms. The van der Waals surface area contributed by atoms with Crippen LogP contribution in [0.15, 0.2) is 34.2 Å². The molecular formula is C13H14ClNOS. The number of benzene rings is 1. The van der Waals surface area contributed by atoms with Crippen LogP contribution in [-0.4, -0.2) is 5.78 Å². The Morgan fingerprint density at radius 1 is 1.53 bits per heavy atom. The largest absolute Gasteiger partial charge is 0.349 e. The highest BCUT2D eigenvalue weighted by Gasteiger charge is 2.17. The molecule has 2 nitrogen and oxygen atoms in total. The second-order valence-electron chi connectivity index (χ2n) is 4.44. The van der Waals surface area contributed by atoms with E-state index < -0.39 is 0 Å². The second kappa shape index (κ2) is 5.15. The van der Waals surface area contributed by atoms with E-state index in [2.05, 4.69) is 5.32 Å². The molecule has 1 N–H and O–H groups in total. The molecule has 0 saturated carbocycles. The van der Waals surface area contributed by atoms with Crippen molar-refractivity contribution in [2.24, 2.45) is 5.92 Å². The van der Waals surface area contributed by atoms with Crippen molar-refractivity contribution in [3.05, 3.63) is 34.3 Å². The lowest BCUT2D eigenvalue weighted by molar-refractivity contribution is -0.115. The molecule has 17 heavy (non-hydrogen) atoms. The van der Waals surface area contributed by atoms with Gasteiger partial charge in [0.2, 0.25) is 0 Å². The summed E-state index contributed by atoms with van der Waals surface area (Å²) >= 11 is 7.48. The Morgan fingerprint density at radius 2 is 2.29 bits per heavy atom. The molecule has 0 bridgehead atoms. The number of carbonyl (C=O) groups excluding carboxylic acids is 1. The lowest BCUT2D eigenvalue weighted by Crippen LogP contribution is -2.01. The highest BCUT2D eigenvalue weighted by Crippen LogP contribution is 2.41. The summed E-state index contributed by atoms with van der Waals surface area (Å²) in [6.45, 7) is 4.08. The summed E-state index contributed by atoms with van der Waals surface area (Å²) < 4.78 is 0. The normalized spacial score (nSPS) is 16.1. The Morgan fingerprint density at radius 3 is 3.00 bits per heavy atom. The van der Waals surface area contributed by atoms with Gasteiger partial charge in [0.25, 0.3) is 0 Å². The first-order chi connectivity index (χ1) is 8.04. The van der Waals surface area contributed by atoms with Gasteiger partial charge in [-0.05, 0) is 24.1 Å². The van der Waals surface area contributed by atoms with Crippen LogP contribution in [-0.2, 0) is 4.79 Å². The molecule has 0 unspecified atom stereocenters. The topological polar surface area (TPSA) is 29.1 Å². The number of ketones is 1. The van der Waals surface area contributed by atoms with Crippen LogP contribution in [0.5, 0.6) is 0 Å². The molecule has 0 aliphatic carbocycles. The average Bonchev–Trinajstić information content (AvgIpc) is 2.57. The highest BCUT2D eigenvalue weighted by molar-refractivity contribution is 8.03. The van der Waals surface area contributed by atoms with Gasteiger partial charge in [-0.15, -0.1) is 0 Å². The number of hydrogen-bond donors (Lipinski definition) is 1. The Kier molecular flexibility index (Phi) is 3.79. The van der Waals surface area contributed by atoms with Crippen LogP contribution in [0.1, 0.15) is 20.3 Å². The molecule has 1 aliphatic rings. The van der Waals surface area contributed by atoms with E-state index in [0.717, 1.165) is 15.6 Å². The summed E-state index contributed by atoms with van der Waals surface area (Å²) in [6.07, 6.45) is 2.27. The Balaban J connectivity index is 2.09. The van der Waals surface area contributed by atoms with Crippen LogP contribution in [0.25, 0.3) is 0 Å². The molecule has 0 aromatic heterocycles. The Labute approximate surface area is 110 Å². The Bertz CT molecular complexity index is 482. The van der Waals surface area contributed by atoms with E-state index in [0.29, 0.717) is 17.4 Å². The molecule has 1 heterocycles. The van der Waals surface area contributed by atoms with Crippen LogP contribution in [0.4, 0.5) is 5.69 Å². The van der Waals surface area contributed by atoms with E-state index >= 15 is 0 Å². The summed E-state index contributed by atoms with van der Waals surface area (Å²) in [7, 11) is 0. The summed E-state index contributed by atoms with van der Waals surface area (Å²) in [5, 5.41) is 4.78. The summed E-state index contributed by atoms with van der Waals surface area (Å²) in [5.74, 6) is 0.552. The predicted octanol–water partition coefficient (Wildman–Crippen LogP) is 4.31. The molecule has 1 aromatic rings. The highest BCUT2D eigenvalue weighted by atomic mass is 35.5. The second-order valence-corrected chi connectivity index (χ2v) is 5.96. The number of carbonyl (C=O) groups is 1. The number of anilines is 1. The fraction of sp³-hybridized carbons (Fsp3) is 0.308. The van der Waals surface area contributed by atoms with Crippen LogP contribution in [0.3, 0.4) is 0 Å². The van der Waals surface area contributed by atoms with Gasteiger partial charge >= 0.3 is 0 Å². The number of nitrogens with one attached hydrogen (secondary N) is 1. The minimum atomic E-state index is 0.161. The maximum absolute atomic E-state index is 11.7. The van der Waals surface area contributed by atoms with Crippen molar-refractivity contribution in [3.63, 3.8) is 0 Å². The summed E-state index contributed by atoms with van der Waals surface area (Å²) in [4.78, 5) is 12.8. The van der Waals surface area contributed by atoms with Gasteiger partial charge in [0.05, 0.1) is 10.7 Å². The van der Waals surface area contributed by atoms with Crippen molar-refractivity contribution in [1.82, 2.24) is 0 Å². The third-order valence-corrected chi connectivity index (χ3v) is 3.57. The molecule has 0 atom stereocenters. The average molecular weight is 268 g/mol. The predicted molar refractivity (Wildman–Crippen MR) is 73.5 cm³/mol. The van der Waals surface area contributed by atoms with E-state index in [1.807, 2.05) is 32.0 Å². The van der Waals surface area contributed by atoms with Crippen molar-refractivity contribution in [2.75, 3.05) is 5.32 Å². The lowest BCUT2D eigenvalue weighted by Gasteiger charge is -2.01. The van der Waals surface area contributed by atoms with E-state index in [1.54, 1.807) is 17.8 Å². The number of fused-ring (bicyclic) bond motifs is 1. The Hall–Kier alpha value is -0.930. The standard InChI is InChI=1S/C13H14ClNOS/c1-8(2)5-10(16)7-13-15-11-6-9(14)3-4-12(11)17-13/h3-4,6-8,15H,5H2,1-2H3/b13-7-. The molecular weight excluding hydrogens is 254 g/mol. The molecule has 2 rings (SSSR count). The van der Waals surface area contributed by atoms with Gasteiger partial charge in [0.1, 0.15) is 0 Å². The first-order valence-electron chi connectivity index (χ1n) is 5.53. The minimum absolute atomic E-state index is 0.161. The van der Waals surface area contributed by atoms with Crippen molar-refractivity contribution in [1.29, 1.82) is 0 Å². The molecule has 1 aromatic carbocycles. The molecule has 90 valence electrons. The minimum Gasteiger partial charge on any atom is -0.349 e. The quantitative estimate of drug-likeness (QED) is 0.827. The summed E-state index contributed by atoms with van der Waals surface area (Å²) in [6, 6.07) is 5.69. The van der Waals surface area contributed by atoms with Crippen LogP contribution in [0.2, 0.25) is 5.02 Å². The van der Waals surface area contributed by atoms with E-state index in [-0.39, 0.29) is 5.78 Å². The van der Waals surface area contributed by atoms with Crippen molar-refractivity contribution in [3.8, 4) is 0 Å². The van der Waals surface area contributed by atoms with Gasteiger partial charge in [-0.3, -0.25) is 4.79 Å². The first-order valence-corrected chi connectivity index (χ1v) is 6.73. The first kappa shape index (κ1) is 12.5. The van der Waals surface area contributed by atoms with Crippen LogP contribution in [0, 0.1) is 5.92 Å². The number of hydrogen-bond acceptors (Lipinski definition) is 3. The zero-order valence-electron chi connectivity index (χ0n) is 9.79. The van der Waals surface area contributed by atoms with Crippen LogP contribution >= 0.6 is 23.4 Å². The van der Waals surface area contributed by atoms with Gasteiger partial charge in [0, 0.05) is 22.4 Å². The van der Waals surface area contributed by atoms with Crippen molar-refractivity contribution in [2.45, 2.75) is 25.2 Å². The monoisotopic (exact) mass is 267 g/mol. The molecule has 0 saturated heterocycles. The van der Waals surface area contributed by atoms with Gasteiger partial charge in [-0.2, -0.15) is 0 Å². The lowest BCUT2D eigenvalue weighted by atomic mass is 10.1. The molecule has 0 amide bonds. The van der Waals surface area contributed by atoms with Gasteiger partial charge in [-0.1, -0.05) is 37.2 Å². The smallest absolute Gasteiger partial charge is 0.158 e. The van der Waals surface area contributed by atoms with Crippen molar-refractivity contribution < 1.29 is 4.79 Å². The molecule has 1 aliphatic heterocycles. The van der Waals surface area contributed by atoms with Gasteiger partial charge in [-0.25, -0.2) is 0 Å². The number of rotatable bonds is 3. The molecule has 0 fully saturated rings. The van der Waals surface area contributed by atoms with Gasteiger partial charge in [0.15, 0.2) is 5.78 Å². The number of thioether (sulfide) groups is 1. The summed E-state index contributed by atoms with van der Waals surface area (Å²) in [5.41, 5.74) is 0.978.